The Morgan fingerprint density at radius 3 is 2.47 bits per heavy atom. The first kappa shape index (κ1) is 15.2. The molecule has 1 aromatic carbocycles. The molecule has 102 valence electrons. The van der Waals surface area contributed by atoms with E-state index in [1.165, 1.54) is 0 Å². The van der Waals surface area contributed by atoms with Gasteiger partial charge in [-0.1, -0.05) is 36.8 Å². The van der Waals surface area contributed by atoms with Crippen molar-refractivity contribution in [1.82, 2.24) is 4.90 Å². The minimum atomic E-state index is -0.832. The van der Waals surface area contributed by atoms with Gasteiger partial charge in [-0.05, 0) is 25.5 Å². The second-order valence-corrected chi connectivity index (χ2v) is 4.62. The molecule has 0 aromatic heterocycles. The smallest absolute Gasteiger partial charge is 0.304 e. The number of hydrogen-bond donors (Lipinski definition) is 1. The van der Waals surface area contributed by atoms with Crippen molar-refractivity contribution in [3.05, 3.63) is 35.4 Å². The fourth-order valence-electron chi connectivity index (χ4n) is 2.01. The Kier molecular flexibility index (Phi) is 6.04. The first-order valence-corrected chi connectivity index (χ1v) is 6.50. The van der Waals surface area contributed by atoms with Crippen molar-refractivity contribution in [2.45, 2.75) is 32.7 Å². The summed E-state index contributed by atoms with van der Waals surface area (Å²) in [4.78, 5) is 12.6. The van der Waals surface area contributed by atoms with Crippen LogP contribution in [0.5, 0.6) is 0 Å². The lowest BCUT2D eigenvalue weighted by atomic mass is 10.0. The van der Waals surface area contributed by atoms with Gasteiger partial charge in [-0.25, -0.2) is 0 Å². The summed E-state index contributed by atoms with van der Waals surface area (Å²) in [6.07, 6.45) is 0.952. The Bertz CT molecular complexity index is 448. The molecule has 0 aliphatic rings. The number of nitriles is 1. The van der Waals surface area contributed by atoms with Gasteiger partial charge in [0.15, 0.2) is 0 Å². The van der Waals surface area contributed by atoms with E-state index >= 15 is 0 Å². The van der Waals surface area contributed by atoms with Gasteiger partial charge in [0.05, 0.1) is 12.5 Å². The lowest BCUT2D eigenvalue weighted by molar-refractivity contribution is -0.137. The quantitative estimate of drug-likeness (QED) is 0.818. The van der Waals surface area contributed by atoms with E-state index in [1.54, 1.807) is 0 Å². The minimum absolute atomic E-state index is 0.0596. The number of hydrogen-bond acceptors (Lipinski definition) is 3. The van der Waals surface area contributed by atoms with Gasteiger partial charge in [-0.15, -0.1) is 0 Å². The summed E-state index contributed by atoms with van der Waals surface area (Å²) in [5, 5.41) is 18.2. The van der Waals surface area contributed by atoms with Crippen LogP contribution in [0.1, 0.15) is 36.9 Å². The largest absolute Gasteiger partial charge is 0.481 e. The average molecular weight is 260 g/mol. The number of rotatable bonds is 7. The minimum Gasteiger partial charge on any atom is -0.481 e. The normalized spacial score (nSPS) is 12.1. The van der Waals surface area contributed by atoms with Gasteiger partial charge in [-0.2, -0.15) is 5.26 Å². The van der Waals surface area contributed by atoms with E-state index in [9.17, 15) is 10.1 Å². The lowest BCUT2D eigenvalue weighted by Gasteiger charge is -2.26. The van der Waals surface area contributed by atoms with E-state index in [-0.39, 0.29) is 12.5 Å². The molecule has 4 nitrogen and oxygen atoms in total. The molecule has 1 rings (SSSR count). The molecule has 1 unspecified atom stereocenters. The maximum atomic E-state index is 10.7. The second kappa shape index (κ2) is 7.55. The number of carboxylic acid groups (broad SMARTS) is 1. The number of aliphatic carboxylic acids is 1. The number of carboxylic acids is 1. The predicted molar refractivity (Wildman–Crippen MR) is 73.6 cm³/mol. The van der Waals surface area contributed by atoms with Crippen LogP contribution in [0.4, 0.5) is 0 Å². The van der Waals surface area contributed by atoms with Crippen molar-refractivity contribution < 1.29 is 9.90 Å². The van der Waals surface area contributed by atoms with E-state index in [0.717, 1.165) is 24.1 Å². The Morgan fingerprint density at radius 2 is 2.00 bits per heavy atom. The van der Waals surface area contributed by atoms with Crippen molar-refractivity contribution in [3.63, 3.8) is 0 Å². The zero-order valence-electron chi connectivity index (χ0n) is 11.5. The molecule has 0 saturated heterocycles. The van der Waals surface area contributed by atoms with Gasteiger partial charge in [-0.3, -0.25) is 9.69 Å². The summed E-state index contributed by atoms with van der Waals surface area (Å²) >= 11 is 0. The van der Waals surface area contributed by atoms with Gasteiger partial charge < -0.3 is 5.11 Å². The standard InChI is InChI=1S/C15H20N2O2/c1-3-9-17(10-8-15(18)19)14(11-16)13-6-4-12(2)5-7-13/h4-7,14H,3,8-10H2,1-2H3,(H,18,19). The third-order valence-corrected chi connectivity index (χ3v) is 3.00. The SMILES string of the molecule is CCCN(CCC(=O)O)C(C#N)c1ccc(C)cc1. The van der Waals surface area contributed by atoms with Gasteiger partial charge in [0.1, 0.15) is 6.04 Å². The monoisotopic (exact) mass is 260 g/mol. The highest BCUT2D eigenvalue weighted by molar-refractivity contribution is 5.66. The molecule has 0 aliphatic heterocycles. The maximum Gasteiger partial charge on any atom is 0.304 e. The van der Waals surface area contributed by atoms with Crippen LogP contribution in [-0.2, 0) is 4.79 Å². The van der Waals surface area contributed by atoms with Crippen LogP contribution >= 0.6 is 0 Å². The Labute approximate surface area is 114 Å². The third-order valence-electron chi connectivity index (χ3n) is 3.00. The molecular weight excluding hydrogens is 240 g/mol. The summed E-state index contributed by atoms with van der Waals surface area (Å²) in [5.41, 5.74) is 2.07. The Hall–Kier alpha value is -1.86. The number of carbonyl (C=O) groups is 1. The Morgan fingerprint density at radius 1 is 1.37 bits per heavy atom. The highest BCUT2D eigenvalue weighted by atomic mass is 16.4. The molecule has 1 atom stereocenters. The fraction of sp³-hybridized carbons (Fsp3) is 0.467. The van der Waals surface area contributed by atoms with Gasteiger partial charge in [0, 0.05) is 6.54 Å². The molecule has 0 saturated carbocycles. The second-order valence-electron chi connectivity index (χ2n) is 4.62. The summed E-state index contributed by atoms with van der Waals surface area (Å²) in [6.45, 7) is 5.14. The van der Waals surface area contributed by atoms with Crippen LogP contribution in [0, 0.1) is 18.3 Å². The van der Waals surface area contributed by atoms with Crippen molar-refractivity contribution >= 4 is 5.97 Å². The van der Waals surface area contributed by atoms with E-state index in [2.05, 4.69) is 6.07 Å². The van der Waals surface area contributed by atoms with Crippen molar-refractivity contribution in [1.29, 1.82) is 5.26 Å². The first-order chi connectivity index (χ1) is 9.08. The van der Waals surface area contributed by atoms with Crippen LogP contribution in [0.25, 0.3) is 0 Å². The Balaban J connectivity index is 2.86. The summed E-state index contributed by atoms with van der Waals surface area (Å²) < 4.78 is 0. The number of aryl methyl sites for hydroxylation is 1. The van der Waals surface area contributed by atoms with Crippen LogP contribution in [0.3, 0.4) is 0 Å². The summed E-state index contributed by atoms with van der Waals surface area (Å²) in [7, 11) is 0. The van der Waals surface area contributed by atoms with E-state index in [1.807, 2.05) is 43.0 Å². The van der Waals surface area contributed by atoms with Crippen molar-refractivity contribution in [3.8, 4) is 6.07 Å². The van der Waals surface area contributed by atoms with E-state index in [4.69, 9.17) is 5.11 Å². The van der Waals surface area contributed by atoms with Crippen LogP contribution < -0.4 is 0 Å². The predicted octanol–water partition coefficient (Wildman–Crippen LogP) is 2.75. The molecule has 4 heteroatoms. The molecule has 1 aromatic rings. The first-order valence-electron chi connectivity index (χ1n) is 6.50. The van der Waals surface area contributed by atoms with Crippen molar-refractivity contribution in [2.24, 2.45) is 0 Å². The molecule has 0 aliphatic carbocycles. The highest BCUT2D eigenvalue weighted by Crippen LogP contribution is 2.21. The molecule has 0 heterocycles. The highest BCUT2D eigenvalue weighted by Gasteiger charge is 2.19. The molecule has 19 heavy (non-hydrogen) atoms. The van der Waals surface area contributed by atoms with Gasteiger partial charge >= 0.3 is 5.97 Å². The zero-order chi connectivity index (χ0) is 14.3. The van der Waals surface area contributed by atoms with Crippen LogP contribution in [-0.4, -0.2) is 29.1 Å². The molecule has 0 spiro atoms. The van der Waals surface area contributed by atoms with Crippen LogP contribution in [0.2, 0.25) is 0 Å². The lowest BCUT2D eigenvalue weighted by Crippen LogP contribution is -2.31. The molecule has 0 fully saturated rings. The number of nitrogens with zero attached hydrogens (tertiary/aromatic N) is 2. The summed E-state index contributed by atoms with van der Waals surface area (Å²) in [5.74, 6) is -0.832. The average Bonchev–Trinajstić information content (AvgIpc) is 2.38. The zero-order valence-corrected chi connectivity index (χ0v) is 11.5. The topological polar surface area (TPSA) is 64.3 Å². The molecule has 0 radical (unpaired) electrons. The van der Waals surface area contributed by atoms with E-state index < -0.39 is 5.97 Å². The van der Waals surface area contributed by atoms with Crippen LogP contribution in [0.15, 0.2) is 24.3 Å². The molecule has 0 bridgehead atoms. The molecule has 0 amide bonds. The van der Waals surface area contributed by atoms with E-state index in [0.29, 0.717) is 6.54 Å². The third kappa shape index (κ3) is 4.72. The fourth-order valence-corrected chi connectivity index (χ4v) is 2.01. The van der Waals surface area contributed by atoms with Crippen molar-refractivity contribution in [2.75, 3.05) is 13.1 Å². The molecular formula is C15H20N2O2. The maximum absolute atomic E-state index is 10.7. The molecule has 1 N–H and O–H groups in total. The van der Waals surface area contributed by atoms with Gasteiger partial charge in [0.2, 0.25) is 0 Å². The summed E-state index contributed by atoms with van der Waals surface area (Å²) in [6, 6.07) is 9.73. The number of benzene rings is 1. The van der Waals surface area contributed by atoms with Gasteiger partial charge in [0.25, 0.3) is 0 Å².